The second-order valence-electron chi connectivity index (χ2n) is 4.18. The van der Waals surface area contributed by atoms with Crippen LogP contribution < -0.4 is 0 Å². The lowest BCUT2D eigenvalue weighted by Gasteiger charge is -2.13. The van der Waals surface area contributed by atoms with Crippen LogP contribution in [0, 0.1) is 0 Å². The molecule has 1 N–H and O–H groups in total. The highest BCUT2D eigenvalue weighted by molar-refractivity contribution is 7.04. The molecule has 2 rings (SSSR count). The molecule has 0 radical (unpaired) electrons. The monoisotopic (exact) mass is 341 g/mol. The minimum Gasteiger partial charge on any atom is -0.478 e. The number of hydrogen-bond donors (Lipinski definition) is 1. The van der Waals surface area contributed by atoms with Gasteiger partial charge in [0, 0.05) is 10.9 Å². The maximum absolute atomic E-state index is 12.7. The highest BCUT2D eigenvalue weighted by Gasteiger charge is 2.37. The van der Waals surface area contributed by atoms with Gasteiger partial charge in [0.15, 0.2) is 0 Å². The fourth-order valence-corrected chi connectivity index (χ4v) is 2.37. The molecule has 3 nitrogen and oxygen atoms in total. The SMILES string of the molecule is O=C(O)c1csnc1-c1cc(C(F)(F)F)cc(C(F)(F)F)c1. The molecular formula is C12H5F6NO2S. The fraction of sp³-hybridized carbons (Fsp3) is 0.167. The van der Waals surface area contributed by atoms with Crippen LogP contribution in [0.25, 0.3) is 11.3 Å². The van der Waals surface area contributed by atoms with Crippen molar-refractivity contribution >= 4 is 17.5 Å². The van der Waals surface area contributed by atoms with Gasteiger partial charge < -0.3 is 5.11 Å². The zero-order chi connectivity index (χ0) is 16.7. The number of carboxylic acids is 1. The van der Waals surface area contributed by atoms with Gasteiger partial charge in [-0.2, -0.15) is 30.7 Å². The number of carboxylic acid groups (broad SMARTS) is 1. The molecular weight excluding hydrogens is 336 g/mol. The summed E-state index contributed by atoms with van der Waals surface area (Å²) >= 11 is 0.623. The molecule has 2 aromatic rings. The highest BCUT2D eigenvalue weighted by Crippen LogP contribution is 2.39. The number of halogens is 6. The lowest BCUT2D eigenvalue weighted by Crippen LogP contribution is -2.11. The Bertz CT molecular complexity index is 687. The van der Waals surface area contributed by atoms with Crippen molar-refractivity contribution in [2.24, 2.45) is 0 Å². The van der Waals surface area contributed by atoms with Crippen molar-refractivity contribution in [3.63, 3.8) is 0 Å². The van der Waals surface area contributed by atoms with Gasteiger partial charge >= 0.3 is 18.3 Å². The average molecular weight is 341 g/mol. The minimum atomic E-state index is -5.00. The summed E-state index contributed by atoms with van der Waals surface area (Å²) in [6.45, 7) is 0. The lowest BCUT2D eigenvalue weighted by molar-refractivity contribution is -0.143. The average Bonchev–Trinajstić information content (AvgIpc) is 2.85. The number of carbonyl (C=O) groups is 1. The molecule has 22 heavy (non-hydrogen) atoms. The van der Waals surface area contributed by atoms with E-state index in [0.717, 1.165) is 5.38 Å². The molecule has 10 heteroatoms. The Hall–Kier alpha value is -2.10. The van der Waals surface area contributed by atoms with E-state index in [9.17, 15) is 31.1 Å². The van der Waals surface area contributed by atoms with Gasteiger partial charge in [0.2, 0.25) is 0 Å². The number of hydrogen-bond acceptors (Lipinski definition) is 3. The van der Waals surface area contributed by atoms with Gasteiger partial charge in [-0.3, -0.25) is 0 Å². The third-order valence-electron chi connectivity index (χ3n) is 2.66. The second kappa shape index (κ2) is 5.27. The molecule has 118 valence electrons. The van der Waals surface area contributed by atoms with Gasteiger partial charge in [-0.1, -0.05) is 0 Å². The second-order valence-corrected chi connectivity index (χ2v) is 4.81. The predicted molar refractivity (Wildman–Crippen MR) is 64.5 cm³/mol. The third-order valence-corrected chi connectivity index (χ3v) is 3.29. The van der Waals surface area contributed by atoms with Crippen LogP contribution in [0.5, 0.6) is 0 Å². The summed E-state index contributed by atoms with van der Waals surface area (Å²) < 4.78 is 80.0. The summed E-state index contributed by atoms with van der Waals surface area (Å²) in [6, 6.07) is 0.851. The first-order valence-electron chi connectivity index (χ1n) is 5.47. The molecule has 0 atom stereocenters. The number of rotatable bonds is 2. The van der Waals surface area contributed by atoms with Crippen molar-refractivity contribution in [3.05, 3.63) is 40.3 Å². The van der Waals surface area contributed by atoms with Crippen molar-refractivity contribution in [2.75, 3.05) is 0 Å². The smallest absolute Gasteiger partial charge is 0.416 e. The molecule has 0 amide bonds. The standard InChI is InChI=1S/C12H5F6NO2S/c13-11(14,15)6-1-5(2-7(3-6)12(16,17)18)9-8(10(20)21)4-22-19-9/h1-4H,(H,20,21). The van der Waals surface area contributed by atoms with E-state index in [2.05, 4.69) is 4.37 Å². The summed E-state index contributed by atoms with van der Waals surface area (Å²) in [5.74, 6) is -1.49. The molecule has 0 saturated heterocycles. The molecule has 0 aliphatic carbocycles. The van der Waals surface area contributed by atoms with Crippen LogP contribution in [0.15, 0.2) is 23.6 Å². The van der Waals surface area contributed by atoms with Crippen LogP contribution >= 0.6 is 11.5 Å². The van der Waals surface area contributed by atoms with Gasteiger partial charge in [0.25, 0.3) is 0 Å². The van der Waals surface area contributed by atoms with Gasteiger partial charge in [-0.15, -0.1) is 0 Å². The number of aromatic carboxylic acids is 1. The van der Waals surface area contributed by atoms with E-state index >= 15 is 0 Å². The van der Waals surface area contributed by atoms with Crippen molar-refractivity contribution in [1.29, 1.82) is 0 Å². The van der Waals surface area contributed by atoms with Gasteiger partial charge in [-0.05, 0) is 29.7 Å². The molecule has 0 spiro atoms. The van der Waals surface area contributed by atoms with Crippen LogP contribution in [0.2, 0.25) is 0 Å². The normalized spacial score (nSPS) is 12.5. The van der Waals surface area contributed by atoms with E-state index in [1.165, 1.54) is 0 Å². The predicted octanol–water partition coefficient (Wildman–Crippen LogP) is 4.55. The maximum atomic E-state index is 12.7. The zero-order valence-corrected chi connectivity index (χ0v) is 11.1. The van der Waals surface area contributed by atoms with E-state index in [1.807, 2.05) is 0 Å². The van der Waals surface area contributed by atoms with Crippen LogP contribution in [-0.2, 0) is 12.4 Å². The van der Waals surface area contributed by atoms with Gasteiger partial charge in [-0.25, -0.2) is 4.79 Å². The molecule has 0 aliphatic heterocycles. The summed E-state index contributed by atoms with van der Waals surface area (Å²) in [4.78, 5) is 10.9. The minimum absolute atomic E-state index is 0.0314. The number of benzene rings is 1. The van der Waals surface area contributed by atoms with Crippen LogP contribution in [-0.4, -0.2) is 15.4 Å². The lowest BCUT2D eigenvalue weighted by atomic mass is 10.0. The van der Waals surface area contributed by atoms with Crippen LogP contribution in [0.1, 0.15) is 21.5 Å². The Balaban J connectivity index is 2.70. The van der Waals surface area contributed by atoms with Crippen molar-refractivity contribution in [3.8, 4) is 11.3 Å². The molecule has 0 fully saturated rings. The molecule has 0 aliphatic rings. The third kappa shape index (κ3) is 3.21. The van der Waals surface area contributed by atoms with E-state index in [-0.39, 0.29) is 6.07 Å². The molecule has 1 aromatic heterocycles. The highest BCUT2D eigenvalue weighted by atomic mass is 32.1. The largest absolute Gasteiger partial charge is 0.478 e. The first-order valence-corrected chi connectivity index (χ1v) is 6.31. The fourth-order valence-electron chi connectivity index (χ4n) is 1.69. The Morgan fingerprint density at radius 1 is 1.00 bits per heavy atom. The quantitative estimate of drug-likeness (QED) is 0.816. The Morgan fingerprint density at radius 2 is 1.50 bits per heavy atom. The number of alkyl halides is 6. The topological polar surface area (TPSA) is 50.2 Å². The summed E-state index contributed by atoms with van der Waals surface area (Å²) in [5.41, 5.74) is -4.50. The Kier molecular flexibility index (Phi) is 3.90. The molecule has 1 aromatic carbocycles. The Morgan fingerprint density at radius 3 is 1.91 bits per heavy atom. The zero-order valence-electron chi connectivity index (χ0n) is 10.3. The summed E-state index contributed by atoms with van der Waals surface area (Å²) in [7, 11) is 0. The van der Waals surface area contributed by atoms with Gasteiger partial charge in [0.05, 0.1) is 22.4 Å². The number of nitrogens with zero attached hydrogens (tertiary/aromatic N) is 1. The Labute approximate surface area is 123 Å². The van der Waals surface area contributed by atoms with E-state index in [1.54, 1.807) is 0 Å². The van der Waals surface area contributed by atoms with Crippen molar-refractivity contribution in [2.45, 2.75) is 12.4 Å². The van der Waals surface area contributed by atoms with Crippen molar-refractivity contribution < 1.29 is 36.2 Å². The first-order chi connectivity index (χ1) is 10.00. The van der Waals surface area contributed by atoms with Crippen molar-refractivity contribution in [1.82, 2.24) is 4.37 Å². The van der Waals surface area contributed by atoms with E-state index in [4.69, 9.17) is 5.11 Å². The molecule has 1 heterocycles. The molecule has 0 saturated carbocycles. The summed E-state index contributed by atoms with van der Waals surface area (Å²) in [5, 5.41) is 9.93. The summed E-state index contributed by atoms with van der Waals surface area (Å²) in [6.07, 6.45) is -10.0. The maximum Gasteiger partial charge on any atom is 0.416 e. The van der Waals surface area contributed by atoms with E-state index < -0.39 is 46.3 Å². The first kappa shape index (κ1) is 16.3. The van der Waals surface area contributed by atoms with Gasteiger partial charge in [0.1, 0.15) is 0 Å². The van der Waals surface area contributed by atoms with Crippen LogP contribution in [0.4, 0.5) is 26.3 Å². The van der Waals surface area contributed by atoms with E-state index in [0.29, 0.717) is 23.7 Å². The molecule has 0 bridgehead atoms. The molecule has 0 unspecified atom stereocenters. The number of aromatic nitrogens is 1. The van der Waals surface area contributed by atoms with Crippen LogP contribution in [0.3, 0.4) is 0 Å².